The first-order valence-electron chi connectivity index (χ1n) is 10.3. The molecular formula is C25H24FN3O2. The SMILES string of the molecule is CC(C)(O)C#Cc1ccc(C(=O)NC2CCCc3c2cnn3-c2ccccc2F)cc1. The highest BCUT2D eigenvalue weighted by atomic mass is 19.1. The van der Waals surface area contributed by atoms with Crippen LogP contribution in [0.3, 0.4) is 0 Å². The first-order chi connectivity index (χ1) is 14.8. The number of nitrogens with zero attached hydrogens (tertiary/aromatic N) is 2. The third kappa shape index (κ3) is 4.68. The average molecular weight is 417 g/mol. The molecule has 1 unspecified atom stereocenters. The van der Waals surface area contributed by atoms with E-state index in [-0.39, 0.29) is 17.8 Å². The number of nitrogens with one attached hydrogen (secondary N) is 1. The standard InChI is InChI=1S/C25H24FN3O2/c1-25(2,31)15-14-17-10-12-18(13-11-17)24(30)28-21-7-5-9-22-19(21)16-27-29(22)23-8-4-3-6-20(23)26/h3-4,6,8,10-13,16,21,31H,5,7,9H2,1-2H3,(H,28,30). The van der Waals surface area contributed by atoms with Crippen LogP contribution in [0.25, 0.3) is 5.69 Å². The lowest BCUT2D eigenvalue weighted by atomic mass is 9.92. The molecule has 6 heteroatoms. The molecule has 158 valence electrons. The molecule has 0 fully saturated rings. The number of carbonyl (C=O) groups excluding carboxylic acids is 1. The van der Waals surface area contributed by atoms with Crippen molar-refractivity contribution in [3.05, 3.63) is 82.9 Å². The number of amides is 1. The smallest absolute Gasteiger partial charge is 0.251 e. The lowest BCUT2D eigenvalue weighted by molar-refractivity contribution is 0.0932. The first kappa shape index (κ1) is 20.8. The van der Waals surface area contributed by atoms with Gasteiger partial charge in [-0.15, -0.1) is 0 Å². The molecular weight excluding hydrogens is 393 g/mol. The van der Waals surface area contributed by atoms with E-state index < -0.39 is 5.60 Å². The number of aliphatic hydroxyl groups is 1. The minimum absolute atomic E-state index is 0.175. The van der Waals surface area contributed by atoms with Crippen molar-refractivity contribution in [2.24, 2.45) is 0 Å². The van der Waals surface area contributed by atoms with Gasteiger partial charge in [0.2, 0.25) is 0 Å². The van der Waals surface area contributed by atoms with E-state index in [1.807, 2.05) is 0 Å². The molecule has 1 atom stereocenters. The molecule has 3 aromatic rings. The Labute approximate surface area is 180 Å². The summed E-state index contributed by atoms with van der Waals surface area (Å²) in [5.74, 6) is 5.14. The topological polar surface area (TPSA) is 67.2 Å². The summed E-state index contributed by atoms with van der Waals surface area (Å²) in [7, 11) is 0. The number of para-hydroxylation sites is 1. The maximum atomic E-state index is 14.3. The van der Waals surface area contributed by atoms with Crippen molar-refractivity contribution in [3.8, 4) is 17.5 Å². The van der Waals surface area contributed by atoms with Crippen LogP contribution in [0.1, 0.15) is 59.9 Å². The average Bonchev–Trinajstić information content (AvgIpc) is 3.17. The van der Waals surface area contributed by atoms with E-state index >= 15 is 0 Å². The summed E-state index contributed by atoms with van der Waals surface area (Å²) in [6, 6.07) is 13.3. The van der Waals surface area contributed by atoms with Crippen LogP contribution in [0.15, 0.2) is 54.7 Å². The fraction of sp³-hybridized carbons (Fsp3) is 0.280. The van der Waals surface area contributed by atoms with E-state index in [4.69, 9.17) is 0 Å². The van der Waals surface area contributed by atoms with E-state index in [1.54, 1.807) is 67.2 Å². The lowest BCUT2D eigenvalue weighted by Crippen LogP contribution is -2.31. The molecule has 4 rings (SSSR count). The Morgan fingerprint density at radius 3 is 2.68 bits per heavy atom. The molecule has 2 N–H and O–H groups in total. The van der Waals surface area contributed by atoms with Gasteiger partial charge in [-0.2, -0.15) is 5.10 Å². The zero-order valence-corrected chi connectivity index (χ0v) is 17.5. The van der Waals surface area contributed by atoms with Gasteiger partial charge < -0.3 is 10.4 Å². The molecule has 31 heavy (non-hydrogen) atoms. The molecule has 0 aliphatic heterocycles. The third-order valence-electron chi connectivity index (χ3n) is 5.23. The fourth-order valence-corrected chi connectivity index (χ4v) is 3.71. The van der Waals surface area contributed by atoms with Gasteiger partial charge in [0.25, 0.3) is 5.91 Å². The Morgan fingerprint density at radius 2 is 1.97 bits per heavy atom. The summed E-state index contributed by atoms with van der Waals surface area (Å²) in [5, 5.41) is 17.2. The molecule has 0 spiro atoms. The molecule has 1 aliphatic carbocycles. The Hall–Kier alpha value is -3.43. The monoisotopic (exact) mass is 417 g/mol. The highest BCUT2D eigenvalue weighted by Crippen LogP contribution is 2.31. The van der Waals surface area contributed by atoms with E-state index in [2.05, 4.69) is 22.3 Å². The molecule has 1 heterocycles. The Kier molecular flexibility index (Phi) is 5.62. The second kappa shape index (κ2) is 8.37. The largest absolute Gasteiger partial charge is 0.378 e. The van der Waals surface area contributed by atoms with Crippen LogP contribution >= 0.6 is 0 Å². The van der Waals surface area contributed by atoms with E-state index in [9.17, 15) is 14.3 Å². The highest BCUT2D eigenvalue weighted by Gasteiger charge is 2.27. The third-order valence-corrected chi connectivity index (χ3v) is 5.23. The fourth-order valence-electron chi connectivity index (χ4n) is 3.71. The highest BCUT2D eigenvalue weighted by molar-refractivity contribution is 5.94. The van der Waals surface area contributed by atoms with Gasteiger partial charge in [0.05, 0.1) is 12.2 Å². The summed E-state index contributed by atoms with van der Waals surface area (Å²) >= 11 is 0. The van der Waals surface area contributed by atoms with Crippen LogP contribution in [-0.2, 0) is 6.42 Å². The number of carbonyl (C=O) groups is 1. The molecule has 1 amide bonds. The summed E-state index contributed by atoms with van der Waals surface area (Å²) in [4.78, 5) is 12.8. The van der Waals surface area contributed by atoms with Gasteiger partial charge in [0.15, 0.2) is 0 Å². The number of hydrogen-bond acceptors (Lipinski definition) is 3. The lowest BCUT2D eigenvalue weighted by Gasteiger charge is -2.24. The predicted molar refractivity (Wildman–Crippen MR) is 116 cm³/mol. The molecule has 0 saturated carbocycles. The van der Waals surface area contributed by atoms with Gasteiger partial charge in [-0.3, -0.25) is 4.79 Å². The van der Waals surface area contributed by atoms with Crippen molar-refractivity contribution in [1.82, 2.24) is 15.1 Å². The Balaban J connectivity index is 1.52. The molecule has 0 bridgehead atoms. The first-order valence-corrected chi connectivity index (χ1v) is 10.3. The van der Waals surface area contributed by atoms with Crippen molar-refractivity contribution in [3.63, 3.8) is 0 Å². The number of rotatable bonds is 3. The van der Waals surface area contributed by atoms with Crippen molar-refractivity contribution in [2.75, 3.05) is 0 Å². The maximum absolute atomic E-state index is 14.3. The molecule has 5 nitrogen and oxygen atoms in total. The number of aromatic nitrogens is 2. The minimum atomic E-state index is -1.07. The van der Waals surface area contributed by atoms with Gasteiger partial charge in [-0.25, -0.2) is 9.07 Å². The number of fused-ring (bicyclic) bond motifs is 1. The molecule has 1 aromatic heterocycles. The molecule has 2 aromatic carbocycles. The zero-order chi connectivity index (χ0) is 22.0. The summed E-state index contributed by atoms with van der Waals surface area (Å²) < 4.78 is 15.9. The van der Waals surface area contributed by atoms with E-state index in [1.165, 1.54) is 6.07 Å². The van der Waals surface area contributed by atoms with Crippen molar-refractivity contribution >= 4 is 5.91 Å². The number of halogens is 1. The Morgan fingerprint density at radius 1 is 1.23 bits per heavy atom. The Bertz CT molecular complexity index is 1160. The quantitative estimate of drug-likeness (QED) is 0.635. The van der Waals surface area contributed by atoms with Gasteiger partial charge in [-0.1, -0.05) is 24.0 Å². The second-order valence-electron chi connectivity index (χ2n) is 8.21. The van der Waals surface area contributed by atoms with Gasteiger partial charge in [-0.05, 0) is 69.5 Å². The second-order valence-corrected chi connectivity index (χ2v) is 8.21. The van der Waals surface area contributed by atoms with Crippen molar-refractivity contribution in [1.29, 1.82) is 0 Å². The predicted octanol–water partition coefficient (Wildman–Crippen LogP) is 3.94. The van der Waals surface area contributed by atoms with Crippen molar-refractivity contribution in [2.45, 2.75) is 44.8 Å². The van der Waals surface area contributed by atoms with Crippen LogP contribution < -0.4 is 5.32 Å². The normalized spacial score (nSPS) is 15.5. The van der Waals surface area contributed by atoms with E-state index in [0.717, 1.165) is 36.1 Å². The maximum Gasteiger partial charge on any atom is 0.251 e. The van der Waals surface area contributed by atoms with Crippen LogP contribution in [-0.4, -0.2) is 26.4 Å². The van der Waals surface area contributed by atoms with Gasteiger partial charge >= 0.3 is 0 Å². The summed E-state index contributed by atoms with van der Waals surface area (Å²) in [6.07, 6.45) is 4.19. The van der Waals surface area contributed by atoms with Crippen LogP contribution in [0.4, 0.5) is 4.39 Å². The summed E-state index contributed by atoms with van der Waals surface area (Å²) in [6.45, 7) is 3.24. The van der Waals surface area contributed by atoms with Crippen molar-refractivity contribution < 1.29 is 14.3 Å². The van der Waals surface area contributed by atoms with Crippen LogP contribution in [0.2, 0.25) is 0 Å². The summed E-state index contributed by atoms with van der Waals surface area (Å²) in [5.41, 5.74) is 2.46. The van der Waals surface area contributed by atoms with Crippen LogP contribution in [0.5, 0.6) is 0 Å². The van der Waals surface area contributed by atoms with Crippen LogP contribution in [0, 0.1) is 17.7 Å². The molecule has 1 aliphatic rings. The van der Waals surface area contributed by atoms with Gasteiger partial charge in [0, 0.05) is 22.4 Å². The van der Waals surface area contributed by atoms with E-state index in [0.29, 0.717) is 11.3 Å². The number of benzene rings is 2. The minimum Gasteiger partial charge on any atom is -0.378 e. The zero-order valence-electron chi connectivity index (χ0n) is 17.5. The molecule has 0 radical (unpaired) electrons. The number of hydrogen-bond donors (Lipinski definition) is 2. The van der Waals surface area contributed by atoms with Gasteiger partial charge in [0.1, 0.15) is 17.1 Å². The molecule has 0 saturated heterocycles.